The molecule has 0 amide bonds. The van der Waals surface area contributed by atoms with Crippen molar-refractivity contribution in [2.45, 2.75) is 31.9 Å². The van der Waals surface area contributed by atoms with E-state index in [4.69, 9.17) is 5.11 Å². The van der Waals surface area contributed by atoms with Gasteiger partial charge in [-0.2, -0.15) is 5.10 Å². The maximum atomic E-state index is 12.1. The Morgan fingerprint density at radius 2 is 1.95 bits per heavy atom. The molecular formula is C14H19N3O3S. The highest BCUT2D eigenvalue weighted by molar-refractivity contribution is 7.88. The van der Waals surface area contributed by atoms with Gasteiger partial charge >= 0.3 is 0 Å². The molecule has 0 aliphatic rings. The number of hydrogen-bond donors (Lipinski definition) is 2. The van der Waals surface area contributed by atoms with Crippen LogP contribution in [0.4, 0.5) is 0 Å². The van der Waals surface area contributed by atoms with Crippen molar-refractivity contribution in [2.24, 2.45) is 0 Å². The molecule has 1 heterocycles. The zero-order valence-corrected chi connectivity index (χ0v) is 12.6. The molecule has 0 bridgehead atoms. The molecule has 1 atom stereocenters. The van der Waals surface area contributed by atoms with Gasteiger partial charge in [-0.3, -0.25) is 4.68 Å². The van der Waals surface area contributed by atoms with Crippen LogP contribution in [0.5, 0.6) is 0 Å². The predicted octanol–water partition coefficient (Wildman–Crippen LogP) is 0.883. The van der Waals surface area contributed by atoms with E-state index < -0.39 is 10.0 Å². The van der Waals surface area contributed by atoms with E-state index in [9.17, 15) is 8.42 Å². The molecule has 2 aromatic rings. The highest BCUT2D eigenvalue weighted by Crippen LogP contribution is 2.08. The van der Waals surface area contributed by atoms with Crippen LogP contribution >= 0.6 is 0 Å². The van der Waals surface area contributed by atoms with Gasteiger partial charge in [0.25, 0.3) is 0 Å². The normalized spacial score (nSPS) is 13.2. The zero-order valence-electron chi connectivity index (χ0n) is 11.8. The molecule has 114 valence electrons. The molecule has 1 aromatic carbocycles. The second kappa shape index (κ2) is 6.84. The van der Waals surface area contributed by atoms with Crippen LogP contribution in [0.25, 0.3) is 0 Å². The summed E-state index contributed by atoms with van der Waals surface area (Å²) in [6.45, 7) is 2.23. The fraction of sp³-hybridized carbons (Fsp3) is 0.357. The Bertz CT molecular complexity index is 651. The van der Waals surface area contributed by atoms with Crippen LogP contribution < -0.4 is 4.72 Å². The molecule has 21 heavy (non-hydrogen) atoms. The summed E-state index contributed by atoms with van der Waals surface area (Å²) >= 11 is 0. The van der Waals surface area contributed by atoms with Crippen molar-refractivity contribution in [2.75, 3.05) is 0 Å². The summed E-state index contributed by atoms with van der Waals surface area (Å²) in [6, 6.07) is 8.41. The van der Waals surface area contributed by atoms with Crippen molar-refractivity contribution >= 4 is 10.0 Å². The Morgan fingerprint density at radius 1 is 1.29 bits per heavy atom. The van der Waals surface area contributed by atoms with Crippen LogP contribution in [0.3, 0.4) is 0 Å². The third-order valence-electron chi connectivity index (χ3n) is 2.96. The Kier molecular flexibility index (Phi) is 5.11. The maximum Gasteiger partial charge on any atom is 0.216 e. The lowest BCUT2D eigenvalue weighted by molar-refractivity contribution is 0.282. The van der Waals surface area contributed by atoms with Gasteiger partial charge in [0.05, 0.1) is 18.9 Å². The minimum Gasteiger partial charge on any atom is -0.392 e. The van der Waals surface area contributed by atoms with Crippen LogP contribution in [-0.2, 0) is 28.9 Å². The number of nitrogens with one attached hydrogen (secondary N) is 1. The van der Waals surface area contributed by atoms with Crippen molar-refractivity contribution in [3.63, 3.8) is 0 Å². The summed E-state index contributed by atoms with van der Waals surface area (Å²) in [5.74, 6) is -0.0812. The van der Waals surface area contributed by atoms with Crippen LogP contribution in [0.15, 0.2) is 42.7 Å². The molecule has 0 saturated carbocycles. The Balaban J connectivity index is 1.94. The Labute approximate surface area is 124 Å². The van der Waals surface area contributed by atoms with E-state index in [1.807, 2.05) is 0 Å². The number of sulfonamides is 1. The summed E-state index contributed by atoms with van der Waals surface area (Å²) in [5.41, 5.74) is 1.45. The van der Waals surface area contributed by atoms with Gasteiger partial charge in [0.2, 0.25) is 10.0 Å². The SMILES string of the molecule is CC(Cn1cccn1)NS(=O)(=O)Cc1ccc(CO)cc1. The van der Waals surface area contributed by atoms with E-state index in [2.05, 4.69) is 9.82 Å². The fourth-order valence-corrected chi connectivity index (χ4v) is 3.44. The van der Waals surface area contributed by atoms with Gasteiger partial charge < -0.3 is 5.11 Å². The number of hydrogen-bond acceptors (Lipinski definition) is 4. The second-order valence-corrected chi connectivity index (χ2v) is 6.73. The number of rotatable bonds is 7. The topological polar surface area (TPSA) is 84.2 Å². The maximum absolute atomic E-state index is 12.1. The molecule has 2 rings (SSSR count). The molecule has 0 aliphatic heterocycles. The first kappa shape index (κ1) is 15.7. The minimum absolute atomic E-state index is 0.0494. The summed E-state index contributed by atoms with van der Waals surface area (Å²) in [5, 5.41) is 13.0. The molecule has 6 nitrogen and oxygen atoms in total. The van der Waals surface area contributed by atoms with Crippen molar-refractivity contribution in [1.29, 1.82) is 0 Å². The molecular weight excluding hydrogens is 290 g/mol. The van der Waals surface area contributed by atoms with E-state index in [1.165, 1.54) is 0 Å². The van der Waals surface area contributed by atoms with E-state index in [0.29, 0.717) is 12.1 Å². The fourth-order valence-electron chi connectivity index (χ4n) is 2.03. The Hall–Kier alpha value is -1.70. The summed E-state index contributed by atoms with van der Waals surface area (Å²) < 4.78 is 28.5. The van der Waals surface area contributed by atoms with Crippen LogP contribution in [0.2, 0.25) is 0 Å². The predicted molar refractivity (Wildman–Crippen MR) is 79.8 cm³/mol. The highest BCUT2D eigenvalue weighted by Gasteiger charge is 2.15. The van der Waals surface area contributed by atoms with Gasteiger partial charge in [-0.1, -0.05) is 24.3 Å². The average molecular weight is 309 g/mol. The standard InChI is InChI=1S/C14H19N3O3S/c1-12(9-17-8-2-7-15-17)16-21(19,20)11-14-5-3-13(10-18)4-6-14/h2-8,12,16,18H,9-11H2,1H3. The lowest BCUT2D eigenvalue weighted by Gasteiger charge is -2.14. The first-order valence-corrected chi connectivity index (χ1v) is 8.30. The number of aromatic nitrogens is 2. The van der Waals surface area contributed by atoms with Gasteiger partial charge in [0.1, 0.15) is 0 Å². The lowest BCUT2D eigenvalue weighted by Crippen LogP contribution is -2.36. The van der Waals surface area contributed by atoms with Crippen LogP contribution in [0, 0.1) is 0 Å². The van der Waals surface area contributed by atoms with Gasteiger partial charge in [0.15, 0.2) is 0 Å². The third kappa shape index (κ3) is 4.96. The van der Waals surface area contributed by atoms with E-state index in [-0.39, 0.29) is 18.4 Å². The summed E-state index contributed by atoms with van der Waals surface area (Å²) in [6.07, 6.45) is 3.45. The number of nitrogens with zero attached hydrogens (tertiary/aromatic N) is 2. The Morgan fingerprint density at radius 3 is 2.52 bits per heavy atom. The van der Waals surface area contributed by atoms with Gasteiger partial charge in [-0.25, -0.2) is 13.1 Å². The molecule has 1 aromatic heterocycles. The summed E-state index contributed by atoms with van der Waals surface area (Å²) in [4.78, 5) is 0. The molecule has 0 radical (unpaired) electrons. The molecule has 0 spiro atoms. The molecule has 0 aliphatic carbocycles. The quantitative estimate of drug-likeness (QED) is 0.795. The van der Waals surface area contributed by atoms with Crippen LogP contribution in [0.1, 0.15) is 18.1 Å². The molecule has 1 unspecified atom stereocenters. The van der Waals surface area contributed by atoms with Crippen molar-refractivity contribution in [3.8, 4) is 0 Å². The van der Waals surface area contributed by atoms with Gasteiger partial charge in [-0.05, 0) is 24.1 Å². The minimum atomic E-state index is -3.41. The van der Waals surface area contributed by atoms with Crippen molar-refractivity contribution in [3.05, 3.63) is 53.9 Å². The first-order valence-electron chi connectivity index (χ1n) is 6.64. The highest BCUT2D eigenvalue weighted by atomic mass is 32.2. The summed E-state index contributed by atoms with van der Waals surface area (Å²) in [7, 11) is -3.41. The lowest BCUT2D eigenvalue weighted by atomic mass is 10.2. The monoisotopic (exact) mass is 309 g/mol. The van der Waals surface area contributed by atoms with Crippen LogP contribution in [-0.4, -0.2) is 29.3 Å². The van der Waals surface area contributed by atoms with Gasteiger partial charge in [-0.15, -0.1) is 0 Å². The average Bonchev–Trinajstić information content (AvgIpc) is 2.91. The second-order valence-electron chi connectivity index (χ2n) is 4.98. The van der Waals surface area contributed by atoms with Crippen molar-refractivity contribution < 1.29 is 13.5 Å². The van der Waals surface area contributed by atoms with E-state index in [0.717, 1.165) is 5.56 Å². The molecule has 7 heteroatoms. The third-order valence-corrected chi connectivity index (χ3v) is 4.44. The molecule has 2 N–H and O–H groups in total. The smallest absolute Gasteiger partial charge is 0.216 e. The van der Waals surface area contributed by atoms with Crippen molar-refractivity contribution in [1.82, 2.24) is 14.5 Å². The van der Waals surface area contributed by atoms with E-state index in [1.54, 1.807) is 54.3 Å². The zero-order chi connectivity index (χ0) is 15.3. The largest absolute Gasteiger partial charge is 0.392 e. The number of aliphatic hydroxyl groups is 1. The molecule has 0 fully saturated rings. The van der Waals surface area contributed by atoms with E-state index >= 15 is 0 Å². The number of aliphatic hydroxyl groups excluding tert-OH is 1. The van der Waals surface area contributed by atoms with Gasteiger partial charge in [0, 0.05) is 18.4 Å². The molecule has 0 saturated heterocycles. The first-order chi connectivity index (χ1) is 9.98. The number of benzene rings is 1.